The van der Waals surface area contributed by atoms with Crippen LogP contribution < -0.4 is 4.90 Å². The maximum Gasteiger partial charge on any atom is 0.137 e. The number of nitrogens with zero attached hydrogens (tertiary/aromatic N) is 1. The van der Waals surface area contributed by atoms with E-state index in [9.17, 15) is 5.11 Å². The maximum atomic E-state index is 9.89. The number of aromatic nitrogens is 1. The molecule has 2 heterocycles. The highest BCUT2D eigenvalue weighted by atomic mass is 16.5. The molecule has 1 aliphatic rings. The molecule has 0 unspecified atom stereocenters. The van der Waals surface area contributed by atoms with Gasteiger partial charge in [-0.05, 0) is 12.1 Å². The van der Waals surface area contributed by atoms with Crippen molar-refractivity contribution in [1.29, 1.82) is 0 Å². The van der Waals surface area contributed by atoms with Crippen LogP contribution in [0.2, 0.25) is 0 Å². The van der Waals surface area contributed by atoms with Crippen LogP contribution in [0.4, 0.5) is 0 Å². The van der Waals surface area contributed by atoms with Gasteiger partial charge in [-0.25, -0.2) is 4.98 Å². The van der Waals surface area contributed by atoms with Crippen LogP contribution in [-0.2, 0) is 16.7 Å². The number of quaternary nitrogens is 1. The standard InChI is InChI=1S/C14H22N2O2/c1-14(2,3)13-12(17)5-4-11(15-13)10-16-6-8-18-9-7-16/h4-5,17H,6-10H2,1-3H3/p+1. The molecule has 0 aliphatic carbocycles. The Labute approximate surface area is 109 Å². The van der Waals surface area contributed by atoms with Gasteiger partial charge in [-0.3, -0.25) is 0 Å². The number of aromatic hydroxyl groups is 1. The third kappa shape index (κ3) is 3.21. The van der Waals surface area contributed by atoms with Crippen molar-refractivity contribution in [3.63, 3.8) is 0 Å². The molecular formula is C14H23N2O2+. The fraction of sp³-hybridized carbons (Fsp3) is 0.643. The third-order valence-corrected chi connectivity index (χ3v) is 3.27. The van der Waals surface area contributed by atoms with Crippen LogP contribution in [0, 0.1) is 0 Å². The van der Waals surface area contributed by atoms with E-state index in [1.165, 1.54) is 4.90 Å². The SMILES string of the molecule is CC(C)(C)c1nc(C[NH+]2CCOCC2)ccc1O. The van der Waals surface area contributed by atoms with Gasteiger partial charge in [0.25, 0.3) is 0 Å². The fourth-order valence-corrected chi connectivity index (χ4v) is 2.24. The number of rotatable bonds is 2. The molecule has 0 amide bonds. The molecule has 2 N–H and O–H groups in total. The summed E-state index contributed by atoms with van der Waals surface area (Å²) in [5.74, 6) is 0.295. The van der Waals surface area contributed by atoms with Crippen molar-refractivity contribution in [3.8, 4) is 5.75 Å². The van der Waals surface area contributed by atoms with Crippen LogP contribution in [0.15, 0.2) is 12.1 Å². The van der Waals surface area contributed by atoms with Crippen LogP contribution in [0.5, 0.6) is 5.75 Å². The lowest BCUT2D eigenvalue weighted by Gasteiger charge is -2.24. The van der Waals surface area contributed by atoms with Gasteiger partial charge in [0.1, 0.15) is 25.4 Å². The van der Waals surface area contributed by atoms with Crippen molar-refractivity contribution in [2.24, 2.45) is 0 Å². The van der Waals surface area contributed by atoms with Crippen molar-refractivity contribution in [3.05, 3.63) is 23.5 Å². The largest absolute Gasteiger partial charge is 0.506 e. The van der Waals surface area contributed by atoms with Gasteiger partial charge in [0.05, 0.1) is 24.6 Å². The summed E-state index contributed by atoms with van der Waals surface area (Å²) in [6, 6.07) is 3.69. The van der Waals surface area contributed by atoms with Gasteiger partial charge in [0.2, 0.25) is 0 Å². The van der Waals surface area contributed by atoms with Crippen molar-refractivity contribution in [2.75, 3.05) is 26.3 Å². The third-order valence-electron chi connectivity index (χ3n) is 3.27. The maximum absolute atomic E-state index is 9.89. The predicted octanol–water partition coefficient (Wildman–Crippen LogP) is 0.500. The lowest BCUT2D eigenvalue weighted by molar-refractivity contribution is -0.921. The Bertz CT molecular complexity index is 407. The second-order valence-electron chi connectivity index (χ2n) is 5.96. The highest BCUT2D eigenvalue weighted by molar-refractivity contribution is 5.32. The van der Waals surface area contributed by atoms with Crippen LogP contribution in [0.25, 0.3) is 0 Å². The number of hydrogen-bond acceptors (Lipinski definition) is 3. The molecule has 0 bridgehead atoms. The molecule has 18 heavy (non-hydrogen) atoms. The minimum Gasteiger partial charge on any atom is -0.506 e. The van der Waals surface area contributed by atoms with Crippen LogP contribution in [0.1, 0.15) is 32.2 Å². The van der Waals surface area contributed by atoms with Crippen molar-refractivity contribution < 1.29 is 14.7 Å². The number of morpholine rings is 1. The van der Waals surface area contributed by atoms with E-state index in [-0.39, 0.29) is 5.41 Å². The van der Waals surface area contributed by atoms with Crippen LogP contribution in [0.3, 0.4) is 0 Å². The summed E-state index contributed by atoms with van der Waals surface area (Å²) in [5, 5.41) is 9.89. The second kappa shape index (κ2) is 5.24. The van der Waals surface area contributed by atoms with E-state index in [0.717, 1.165) is 44.2 Å². The Morgan fingerprint density at radius 3 is 2.56 bits per heavy atom. The average Bonchev–Trinajstić information content (AvgIpc) is 2.31. The molecule has 1 aliphatic heterocycles. The van der Waals surface area contributed by atoms with Gasteiger partial charge >= 0.3 is 0 Å². The van der Waals surface area contributed by atoms with Crippen molar-refractivity contribution >= 4 is 0 Å². The molecule has 1 aromatic rings. The first kappa shape index (κ1) is 13.3. The zero-order chi connectivity index (χ0) is 13.2. The van der Waals surface area contributed by atoms with E-state index in [2.05, 4.69) is 25.8 Å². The average molecular weight is 251 g/mol. The Morgan fingerprint density at radius 2 is 1.94 bits per heavy atom. The summed E-state index contributed by atoms with van der Waals surface area (Å²) in [6.07, 6.45) is 0. The lowest BCUT2D eigenvalue weighted by Crippen LogP contribution is -3.12. The molecule has 0 aromatic carbocycles. The summed E-state index contributed by atoms with van der Waals surface area (Å²) in [7, 11) is 0. The smallest absolute Gasteiger partial charge is 0.137 e. The van der Waals surface area contributed by atoms with Crippen LogP contribution in [-0.4, -0.2) is 36.4 Å². The van der Waals surface area contributed by atoms with E-state index in [1.807, 2.05) is 6.07 Å². The number of hydrogen-bond donors (Lipinski definition) is 2. The Balaban J connectivity index is 2.14. The molecule has 0 radical (unpaired) electrons. The summed E-state index contributed by atoms with van der Waals surface area (Å²) >= 11 is 0. The minimum absolute atomic E-state index is 0.125. The highest BCUT2D eigenvalue weighted by Gasteiger charge is 2.22. The van der Waals surface area contributed by atoms with Crippen LogP contribution >= 0.6 is 0 Å². The van der Waals surface area contributed by atoms with Gasteiger partial charge in [-0.2, -0.15) is 0 Å². The quantitative estimate of drug-likeness (QED) is 0.804. The van der Waals surface area contributed by atoms with E-state index >= 15 is 0 Å². The number of pyridine rings is 1. The summed E-state index contributed by atoms with van der Waals surface area (Å²) in [5.41, 5.74) is 1.71. The first-order chi connectivity index (χ1) is 8.47. The molecule has 4 heteroatoms. The van der Waals surface area contributed by atoms with Gasteiger partial charge in [-0.15, -0.1) is 0 Å². The van der Waals surface area contributed by atoms with E-state index in [1.54, 1.807) is 6.07 Å². The summed E-state index contributed by atoms with van der Waals surface area (Å²) < 4.78 is 5.35. The highest BCUT2D eigenvalue weighted by Crippen LogP contribution is 2.28. The van der Waals surface area contributed by atoms with Crippen molar-refractivity contribution in [2.45, 2.75) is 32.7 Å². The molecule has 0 spiro atoms. The van der Waals surface area contributed by atoms with E-state index in [0.29, 0.717) is 5.75 Å². The molecule has 0 atom stereocenters. The zero-order valence-corrected chi connectivity index (χ0v) is 11.5. The topological polar surface area (TPSA) is 46.8 Å². The molecule has 1 aromatic heterocycles. The molecule has 1 fully saturated rings. The Morgan fingerprint density at radius 1 is 1.28 bits per heavy atom. The van der Waals surface area contributed by atoms with Crippen molar-refractivity contribution in [1.82, 2.24) is 4.98 Å². The molecule has 4 nitrogen and oxygen atoms in total. The summed E-state index contributed by atoms with van der Waals surface area (Å²) in [6.45, 7) is 10.9. The molecule has 1 saturated heterocycles. The predicted molar refractivity (Wildman–Crippen MR) is 69.8 cm³/mol. The fourth-order valence-electron chi connectivity index (χ4n) is 2.24. The van der Waals surface area contributed by atoms with Gasteiger partial charge < -0.3 is 14.7 Å². The Hall–Kier alpha value is -1.13. The monoisotopic (exact) mass is 251 g/mol. The van der Waals surface area contributed by atoms with Gasteiger partial charge in [-0.1, -0.05) is 20.8 Å². The molecular weight excluding hydrogens is 228 g/mol. The Kier molecular flexibility index (Phi) is 3.88. The molecule has 0 saturated carbocycles. The zero-order valence-electron chi connectivity index (χ0n) is 11.5. The first-order valence-electron chi connectivity index (χ1n) is 6.57. The minimum atomic E-state index is -0.125. The van der Waals surface area contributed by atoms with Gasteiger partial charge in [0, 0.05) is 5.41 Å². The second-order valence-corrected chi connectivity index (χ2v) is 5.96. The normalized spacial score (nSPS) is 17.9. The number of ether oxygens (including phenoxy) is 1. The molecule has 100 valence electrons. The summed E-state index contributed by atoms with van der Waals surface area (Å²) in [4.78, 5) is 6.13. The van der Waals surface area contributed by atoms with E-state index in [4.69, 9.17) is 4.74 Å². The number of nitrogens with one attached hydrogen (secondary N) is 1. The lowest BCUT2D eigenvalue weighted by atomic mass is 9.91. The van der Waals surface area contributed by atoms with E-state index < -0.39 is 0 Å². The first-order valence-corrected chi connectivity index (χ1v) is 6.57. The molecule has 2 rings (SSSR count). The van der Waals surface area contributed by atoms with Gasteiger partial charge in [0.15, 0.2) is 0 Å².